The number of carbonyl (C=O) groups is 1. The molecule has 0 spiro atoms. The van der Waals surface area contributed by atoms with Gasteiger partial charge in [-0.1, -0.05) is 334 Å². The molecule has 0 aromatic carbocycles. The van der Waals surface area contributed by atoms with E-state index < -0.39 is 18.2 Å². The SMILES string of the molecule is CCCCCCCCCCCC/C=C/CC/C=C/C(O)C(CO)NC(=O)CC(O)CCCCCCCCCCCCCCCCCCCCCCCCCCCCCCCCCCCCCCC. The van der Waals surface area contributed by atoms with Crippen LogP contribution in [0.25, 0.3) is 0 Å². The third kappa shape index (κ3) is 54.2. The number of hydrogen-bond donors (Lipinski definition) is 4. The molecule has 5 heteroatoms. The second-order valence-corrected chi connectivity index (χ2v) is 21.7. The van der Waals surface area contributed by atoms with Gasteiger partial charge in [-0.15, -0.1) is 0 Å². The molecule has 0 aliphatic rings. The van der Waals surface area contributed by atoms with Crippen LogP contribution in [0.1, 0.15) is 348 Å². The van der Waals surface area contributed by atoms with Gasteiger partial charge in [0.2, 0.25) is 5.91 Å². The molecule has 0 saturated carbocycles. The van der Waals surface area contributed by atoms with Gasteiger partial charge in [-0.2, -0.15) is 0 Å². The van der Waals surface area contributed by atoms with Gasteiger partial charge in [0.05, 0.1) is 31.3 Å². The highest BCUT2D eigenvalue weighted by molar-refractivity contribution is 5.76. The van der Waals surface area contributed by atoms with E-state index in [0.717, 1.165) is 32.1 Å². The van der Waals surface area contributed by atoms with Crippen LogP contribution in [0.3, 0.4) is 0 Å². The Morgan fingerprint density at radius 2 is 0.632 bits per heavy atom. The lowest BCUT2D eigenvalue weighted by Crippen LogP contribution is -2.45. The molecule has 3 unspecified atom stereocenters. The zero-order chi connectivity index (χ0) is 49.3. The Morgan fingerprint density at radius 3 is 0.941 bits per heavy atom. The van der Waals surface area contributed by atoms with E-state index in [1.807, 2.05) is 6.08 Å². The lowest BCUT2D eigenvalue weighted by atomic mass is 10.0. The van der Waals surface area contributed by atoms with E-state index >= 15 is 0 Å². The molecule has 0 aliphatic carbocycles. The van der Waals surface area contributed by atoms with Crippen molar-refractivity contribution in [3.8, 4) is 0 Å². The third-order valence-electron chi connectivity index (χ3n) is 14.7. The minimum absolute atomic E-state index is 0.0104. The maximum Gasteiger partial charge on any atom is 0.222 e. The zero-order valence-electron chi connectivity index (χ0n) is 46.3. The Hall–Kier alpha value is -1.17. The van der Waals surface area contributed by atoms with Crippen LogP contribution in [0.4, 0.5) is 0 Å². The van der Waals surface area contributed by atoms with Crippen molar-refractivity contribution >= 4 is 5.91 Å². The summed E-state index contributed by atoms with van der Waals surface area (Å²) < 4.78 is 0. The summed E-state index contributed by atoms with van der Waals surface area (Å²) in [5.74, 6) is -0.319. The highest BCUT2D eigenvalue weighted by Crippen LogP contribution is 2.19. The lowest BCUT2D eigenvalue weighted by Gasteiger charge is -2.21. The van der Waals surface area contributed by atoms with Gasteiger partial charge in [-0.3, -0.25) is 4.79 Å². The number of aliphatic hydroxyl groups excluding tert-OH is 3. The highest BCUT2D eigenvalue weighted by Gasteiger charge is 2.20. The summed E-state index contributed by atoms with van der Waals surface area (Å²) in [5.41, 5.74) is 0. The van der Waals surface area contributed by atoms with Gasteiger partial charge in [0, 0.05) is 0 Å². The first kappa shape index (κ1) is 66.8. The molecule has 0 rings (SSSR count). The van der Waals surface area contributed by atoms with Gasteiger partial charge in [-0.25, -0.2) is 0 Å². The van der Waals surface area contributed by atoms with E-state index in [9.17, 15) is 20.1 Å². The molecule has 5 nitrogen and oxygen atoms in total. The normalized spacial score (nSPS) is 13.3. The number of aliphatic hydroxyl groups is 3. The smallest absolute Gasteiger partial charge is 0.222 e. The molecule has 3 atom stereocenters. The summed E-state index contributed by atoms with van der Waals surface area (Å²) in [6.07, 6.45) is 75.6. The van der Waals surface area contributed by atoms with Crippen LogP contribution in [-0.4, -0.2) is 46.1 Å². The van der Waals surface area contributed by atoms with Crippen LogP contribution in [0.15, 0.2) is 24.3 Å². The fourth-order valence-corrected chi connectivity index (χ4v) is 10.0. The van der Waals surface area contributed by atoms with Gasteiger partial charge in [0.25, 0.3) is 0 Å². The third-order valence-corrected chi connectivity index (χ3v) is 14.7. The largest absolute Gasteiger partial charge is 0.394 e. The summed E-state index contributed by atoms with van der Waals surface area (Å²) in [6, 6.07) is -0.759. The van der Waals surface area contributed by atoms with Crippen molar-refractivity contribution in [2.24, 2.45) is 0 Å². The molecule has 0 fully saturated rings. The molecule has 404 valence electrons. The molecule has 68 heavy (non-hydrogen) atoms. The summed E-state index contributed by atoms with van der Waals surface area (Å²) in [4.78, 5) is 12.5. The van der Waals surface area contributed by atoms with Crippen LogP contribution in [0.2, 0.25) is 0 Å². The van der Waals surface area contributed by atoms with Crippen molar-refractivity contribution in [1.29, 1.82) is 0 Å². The molecular weight excluding hydrogens is 835 g/mol. The van der Waals surface area contributed by atoms with Gasteiger partial charge in [0.15, 0.2) is 0 Å². The summed E-state index contributed by atoms with van der Waals surface area (Å²) >= 11 is 0. The van der Waals surface area contributed by atoms with E-state index in [4.69, 9.17) is 0 Å². The van der Waals surface area contributed by atoms with Gasteiger partial charge < -0.3 is 20.6 Å². The standard InChI is InChI=1S/C63H123NO4/c1-3-5-7-9-11-13-15-17-19-21-22-23-24-25-26-27-28-29-30-31-32-33-34-35-36-37-38-39-40-41-42-44-46-48-50-52-54-56-60(66)58-63(68)64-61(59-65)62(67)57-55-53-51-49-47-45-43-20-18-16-14-12-10-8-6-4-2/h47,49,55,57,60-62,65-67H,3-46,48,50-54,56,58-59H2,1-2H3,(H,64,68)/b49-47+,57-55+. The van der Waals surface area contributed by atoms with Crippen molar-refractivity contribution in [3.63, 3.8) is 0 Å². The number of hydrogen-bond acceptors (Lipinski definition) is 4. The van der Waals surface area contributed by atoms with Crippen LogP contribution < -0.4 is 5.32 Å². The molecule has 0 heterocycles. The first-order chi connectivity index (χ1) is 33.5. The summed E-state index contributed by atoms with van der Waals surface area (Å²) in [6.45, 7) is 4.23. The predicted molar refractivity (Wildman–Crippen MR) is 301 cm³/mol. The fourth-order valence-electron chi connectivity index (χ4n) is 10.0. The fraction of sp³-hybridized carbons (Fsp3) is 0.921. The number of rotatable bonds is 58. The topological polar surface area (TPSA) is 89.8 Å². The van der Waals surface area contributed by atoms with E-state index in [0.29, 0.717) is 6.42 Å². The van der Waals surface area contributed by atoms with E-state index in [1.54, 1.807) is 6.08 Å². The molecule has 0 aliphatic heterocycles. The predicted octanol–water partition coefficient (Wildman–Crippen LogP) is 19.6. The number of amides is 1. The van der Waals surface area contributed by atoms with E-state index in [1.165, 1.54) is 289 Å². The van der Waals surface area contributed by atoms with E-state index in [-0.39, 0.29) is 18.9 Å². The van der Waals surface area contributed by atoms with Gasteiger partial charge >= 0.3 is 0 Å². The molecule has 0 aromatic heterocycles. The molecular formula is C63H123NO4. The van der Waals surface area contributed by atoms with Crippen molar-refractivity contribution in [1.82, 2.24) is 5.32 Å². The van der Waals surface area contributed by atoms with Gasteiger partial charge in [0.1, 0.15) is 0 Å². The van der Waals surface area contributed by atoms with Crippen molar-refractivity contribution in [2.75, 3.05) is 6.61 Å². The monoisotopic (exact) mass is 958 g/mol. The summed E-state index contributed by atoms with van der Waals surface area (Å²) in [5, 5.41) is 33.4. The number of carbonyl (C=O) groups excluding carboxylic acids is 1. The number of allylic oxidation sites excluding steroid dienone is 3. The number of nitrogens with one attached hydrogen (secondary N) is 1. The Labute approximate surface area is 426 Å². The van der Waals surface area contributed by atoms with Crippen LogP contribution in [0, 0.1) is 0 Å². The minimum Gasteiger partial charge on any atom is -0.394 e. The zero-order valence-corrected chi connectivity index (χ0v) is 46.3. The van der Waals surface area contributed by atoms with Crippen LogP contribution in [0.5, 0.6) is 0 Å². The Balaban J connectivity index is 3.44. The Morgan fingerprint density at radius 1 is 0.368 bits per heavy atom. The maximum atomic E-state index is 12.5. The van der Waals surface area contributed by atoms with Gasteiger partial charge in [-0.05, 0) is 32.1 Å². The molecule has 0 radical (unpaired) electrons. The van der Waals surface area contributed by atoms with E-state index in [2.05, 4.69) is 31.3 Å². The number of unbranched alkanes of at least 4 members (excludes halogenated alkanes) is 47. The van der Waals surface area contributed by atoms with Crippen LogP contribution in [-0.2, 0) is 4.79 Å². The first-order valence-corrected chi connectivity index (χ1v) is 31.1. The maximum absolute atomic E-state index is 12.5. The van der Waals surface area contributed by atoms with Crippen molar-refractivity contribution < 1.29 is 20.1 Å². The van der Waals surface area contributed by atoms with Crippen molar-refractivity contribution in [2.45, 2.75) is 366 Å². The second kappa shape index (κ2) is 58.4. The van der Waals surface area contributed by atoms with Crippen LogP contribution >= 0.6 is 0 Å². The molecule has 1 amide bonds. The molecule has 4 N–H and O–H groups in total. The Bertz CT molecular complexity index is 1010. The Kier molecular flexibility index (Phi) is 57.4. The average molecular weight is 959 g/mol. The lowest BCUT2D eigenvalue weighted by molar-refractivity contribution is -0.124. The van der Waals surface area contributed by atoms with Crippen molar-refractivity contribution in [3.05, 3.63) is 24.3 Å². The average Bonchev–Trinajstić information content (AvgIpc) is 3.33. The molecule has 0 saturated heterocycles. The quantitative estimate of drug-likeness (QED) is 0.0361. The second-order valence-electron chi connectivity index (χ2n) is 21.7. The molecule has 0 aromatic rings. The molecule has 0 bridgehead atoms. The first-order valence-electron chi connectivity index (χ1n) is 31.1. The highest BCUT2D eigenvalue weighted by atomic mass is 16.3. The summed E-state index contributed by atoms with van der Waals surface area (Å²) in [7, 11) is 0. The minimum atomic E-state index is -0.950.